The number of benzene rings is 1. The van der Waals surface area contributed by atoms with Gasteiger partial charge in [0.05, 0.1) is 6.10 Å². The van der Waals surface area contributed by atoms with Crippen LogP contribution in [0.5, 0.6) is 0 Å². The number of allylic oxidation sites excluding steroid dienone is 2. The molecule has 0 bridgehead atoms. The molecule has 4 aliphatic carbocycles. The fourth-order valence-electron chi connectivity index (χ4n) is 7.44. The summed E-state index contributed by atoms with van der Waals surface area (Å²) in [6.07, 6.45) is 8.75. The number of fused-ring (bicyclic) bond motifs is 5. The van der Waals surface area contributed by atoms with Gasteiger partial charge in [-0.15, -0.1) is 0 Å². The predicted octanol–water partition coefficient (Wildman–Crippen LogP) is 5.50. The summed E-state index contributed by atoms with van der Waals surface area (Å²) in [6.45, 7) is 4.05. The summed E-state index contributed by atoms with van der Waals surface area (Å²) < 4.78 is 22.4. The van der Waals surface area contributed by atoms with E-state index < -0.39 is 11.3 Å². The topological polar surface area (TPSA) is 78.5 Å². The van der Waals surface area contributed by atoms with E-state index in [0.29, 0.717) is 38.0 Å². The number of nitrogens with one attached hydrogen (secondary N) is 1. The molecule has 0 spiro atoms. The number of oxazole rings is 1. The SMILES string of the molecule is CNC.Cc1nc2ccc(C3=CCC4C3(C)CCC3(F)C=C5CC(O)CCC5CC[C@]43O)cc2o1. The number of rotatable bonds is 1. The maximum Gasteiger partial charge on any atom is 0.192 e. The number of nitrogens with zero attached hydrogens (tertiary/aromatic N) is 1. The molecule has 0 saturated heterocycles. The van der Waals surface area contributed by atoms with E-state index in [4.69, 9.17) is 4.42 Å². The summed E-state index contributed by atoms with van der Waals surface area (Å²) in [4.78, 5) is 4.40. The van der Waals surface area contributed by atoms with Gasteiger partial charge in [0.15, 0.2) is 17.1 Å². The van der Waals surface area contributed by atoms with Crippen molar-refractivity contribution in [2.75, 3.05) is 14.1 Å². The number of aliphatic hydroxyl groups excluding tert-OH is 1. The molecule has 1 aromatic carbocycles. The minimum Gasteiger partial charge on any atom is -0.441 e. The summed E-state index contributed by atoms with van der Waals surface area (Å²) in [5, 5.41) is 25.0. The van der Waals surface area contributed by atoms with Crippen LogP contribution in [0, 0.1) is 24.2 Å². The monoisotopic (exact) mass is 482 g/mol. The lowest BCUT2D eigenvalue weighted by Crippen LogP contribution is -2.61. The standard InChI is InChI=1S/C27H32FNO3.C2H7N/c1-16-29-22-7-4-18(14-23(22)32-16)21-6-8-24-25(21,2)11-12-26(28)15-19-13-20(30)5-3-17(19)9-10-27(24,26)31;1-3-2/h4,6-7,14-15,17,20,24,30-31H,3,5,8-13H2,1-2H3;3H,1-2H3/t17?,20?,24?,25?,26?,27-;/m0./s1. The molecule has 4 aliphatic rings. The molecule has 2 fully saturated rings. The minimum absolute atomic E-state index is 0.169. The second-order valence-corrected chi connectivity index (χ2v) is 11.4. The summed E-state index contributed by atoms with van der Waals surface area (Å²) in [7, 11) is 3.75. The van der Waals surface area contributed by atoms with Crippen molar-refractivity contribution >= 4 is 16.7 Å². The molecule has 35 heavy (non-hydrogen) atoms. The largest absolute Gasteiger partial charge is 0.441 e. The highest BCUT2D eigenvalue weighted by molar-refractivity contribution is 5.82. The van der Waals surface area contributed by atoms with Crippen molar-refractivity contribution in [1.29, 1.82) is 0 Å². The molecule has 0 amide bonds. The van der Waals surface area contributed by atoms with Gasteiger partial charge in [-0.25, -0.2) is 9.37 Å². The molecule has 6 heteroatoms. The second kappa shape index (κ2) is 8.82. The molecule has 6 atom stereocenters. The van der Waals surface area contributed by atoms with Gasteiger partial charge in [-0.1, -0.05) is 24.6 Å². The number of hydrogen-bond donors (Lipinski definition) is 3. The highest BCUT2D eigenvalue weighted by Crippen LogP contribution is 2.65. The first-order chi connectivity index (χ1) is 16.6. The van der Waals surface area contributed by atoms with Crippen LogP contribution in [0.4, 0.5) is 4.39 Å². The Labute approximate surface area is 207 Å². The third-order valence-corrected chi connectivity index (χ3v) is 9.18. The van der Waals surface area contributed by atoms with Crippen molar-refractivity contribution in [3.05, 3.63) is 47.4 Å². The molecular weight excluding hydrogens is 443 g/mol. The zero-order valence-electron chi connectivity index (χ0n) is 21.4. The Kier molecular flexibility index (Phi) is 6.22. The summed E-state index contributed by atoms with van der Waals surface area (Å²) >= 11 is 0. The van der Waals surface area contributed by atoms with Crippen LogP contribution in [0.1, 0.15) is 69.7 Å². The number of halogens is 1. The van der Waals surface area contributed by atoms with Gasteiger partial charge in [0.25, 0.3) is 0 Å². The zero-order valence-corrected chi connectivity index (χ0v) is 21.4. The zero-order chi connectivity index (χ0) is 25.0. The van der Waals surface area contributed by atoms with Crippen LogP contribution in [0.3, 0.4) is 0 Å². The first-order valence-electron chi connectivity index (χ1n) is 13.1. The van der Waals surface area contributed by atoms with Crippen LogP contribution in [-0.4, -0.2) is 46.7 Å². The lowest BCUT2D eigenvalue weighted by molar-refractivity contribution is -0.172. The molecule has 1 heterocycles. The van der Waals surface area contributed by atoms with E-state index >= 15 is 4.39 Å². The Morgan fingerprint density at radius 2 is 1.91 bits per heavy atom. The van der Waals surface area contributed by atoms with Crippen molar-refractivity contribution in [3.63, 3.8) is 0 Å². The van der Waals surface area contributed by atoms with Gasteiger partial charge in [0.2, 0.25) is 0 Å². The molecule has 190 valence electrons. The average Bonchev–Trinajstić information content (AvgIpc) is 3.32. The molecule has 3 N–H and O–H groups in total. The van der Waals surface area contributed by atoms with Crippen LogP contribution in [-0.2, 0) is 0 Å². The van der Waals surface area contributed by atoms with Crippen molar-refractivity contribution in [3.8, 4) is 0 Å². The summed E-state index contributed by atoms with van der Waals surface area (Å²) in [5.41, 5.74) is 1.51. The van der Waals surface area contributed by atoms with Gasteiger partial charge in [0, 0.05) is 12.8 Å². The van der Waals surface area contributed by atoms with E-state index in [1.54, 1.807) is 6.08 Å². The lowest BCUT2D eigenvalue weighted by atomic mass is 9.53. The molecule has 6 rings (SSSR count). The van der Waals surface area contributed by atoms with Gasteiger partial charge in [-0.05, 0) is 106 Å². The maximum atomic E-state index is 16.7. The number of aromatic nitrogens is 1. The predicted molar refractivity (Wildman–Crippen MR) is 137 cm³/mol. The fraction of sp³-hybridized carbons (Fsp3) is 0.621. The number of aliphatic hydroxyl groups is 2. The van der Waals surface area contributed by atoms with Crippen molar-refractivity contribution in [2.45, 2.75) is 82.6 Å². The molecular formula is C29H39FN2O3. The first kappa shape index (κ1) is 24.7. The fourth-order valence-corrected chi connectivity index (χ4v) is 7.44. The Morgan fingerprint density at radius 3 is 2.69 bits per heavy atom. The number of alkyl halides is 1. The van der Waals surface area contributed by atoms with E-state index in [1.165, 1.54) is 5.57 Å². The van der Waals surface area contributed by atoms with Gasteiger partial charge in [-0.2, -0.15) is 0 Å². The van der Waals surface area contributed by atoms with Crippen molar-refractivity contribution in [2.24, 2.45) is 17.3 Å². The van der Waals surface area contributed by atoms with Crippen LogP contribution in [0.25, 0.3) is 16.7 Å². The normalized spacial score (nSPS) is 38.3. The molecule has 0 aliphatic heterocycles. The van der Waals surface area contributed by atoms with Crippen molar-refractivity contribution in [1.82, 2.24) is 10.3 Å². The van der Waals surface area contributed by atoms with Gasteiger partial charge >= 0.3 is 0 Å². The third-order valence-electron chi connectivity index (χ3n) is 9.18. The Balaban J connectivity index is 0.000000806. The maximum absolute atomic E-state index is 16.7. The Hall–Kier alpha value is -2.02. The minimum atomic E-state index is -1.73. The van der Waals surface area contributed by atoms with E-state index in [1.807, 2.05) is 33.2 Å². The van der Waals surface area contributed by atoms with Crippen molar-refractivity contribution < 1.29 is 19.0 Å². The average molecular weight is 483 g/mol. The Bertz CT molecular complexity index is 1170. The molecule has 2 aromatic rings. The van der Waals surface area contributed by atoms with Crippen LogP contribution < -0.4 is 5.32 Å². The third kappa shape index (κ3) is 3.89. The van der Waals surface area contributed by atoms with E-state index in [9.17, 15) is 10.2 Å². The molecule has 0 radical (unpaired) electrons. The molecule has 2 saturated carbocycles. The van der Waals surface area contributed by atoms with E-state index in [2.05, 4.69) is 29.4 Å². The van der Waals surface area contributed by atoms with Gasteiger partial charge < -0.3 is 19.9 Å². The highest BCUT2D eigenvalue weighted by Gasteiger charge is 2.65. The Morgan fingerprint density at radius 1 is 1.14 bits per heavy atom. The van der Waals surface area contributed by atoms with Crippen LogP contribution in [0.2, 0.25) is 0 Å². The van der Waals surface area contributed by atoms with E-state index in [-0.39, 0.29) is 23.4 Å². The quantitative estimate of drug-likeness (QED) is 0.468. The number of aryl methyl sites for hydroxylation is 1. The van der Waals surface area contributed by atoms with Gasteiger partial charge in [0.1, 0.15) is 11.1 Å². The van der Waals surface area contributed by atoms with Crippen LogP contribution in [0.15, 0.2) is 40.3 Å². The van der Waals surface area contributed by atoms with Crippen LogP contribution >= 0.6 is 0 Å². The lowest BCUT2D eigenvalue weighted by Gasteiger charge is -2.55. The molecule has 1 aromatic heterocycles. The van der Waals surface area contributed by atoms with Gasteiger partial charge in [-0.3, -0.25) is 0 Å². The highest BCUT2D eigenvalue weighted by atomic mass is 19.1. The molecule has 5 unspecified atom stereocenters. The molecule has 5 nitrogen and oxygen atoms in total. The summed E-state index contributed by atoms with van der Waals surface area (Å²) in [5.74, 6) is 0.768. The van der Waals surface area contributed by atoms with E-state index in [0.717, 1.165) is 41.5 Å². The summed E-state index contributed by atoms with van der Waals surface area (Å²) in [6, 6.07) is 6.11. The first-order valence-corrected chi connectivity index (χ1v) is 13.1. The number of hydrogen-bond acceptors (Lipinski definition) is 5. The second-order valence-electron chi connectivity index (χ2n) is 11.4. The smallest absolute Gasteiger partial charge is 0.192 e.